The SMILES string of the molecule is C#CCCCc1ccc2c(c1)Cc1cc(N=N)ccc1N2CCC(=N)N. The number of unbranched alkanes of at least 4 members (excludes halogenated alkanes) is 1. The lowest BCUT2D eigenvalue weighted by Gasteiger charge is -2.34. The van der Waals surface area contributed by atoms with Gasteiger partial charge < -0.3 is 10.6 Å². The zero-order valence-electron chi connectivity index (χ0n) is 14.8. The van der Waals surface area contributed by atoms with Crippen molar-refractivity contribution in [2.24, 2.45) is 10.8 Å². The van der Waals surface area contributed by atoms with E-state index in [9.17, 15) is 0 Å². The van der Waals surface area contributed by atoms with Crippen LogP contribution < -0.4 is 10.6 Å². The summed E-state index contributed by atoms with van der Waals surface area (Å²) in [5.41, 5.74) is 19.5. The summed E-state index contributed by atoms with van der Waals surface area (Å²) in [5, 5.41) is 11.1. The Kier molecular flexibility index (Phi) is 5.33. The number of aryl methyl sites for hydroxylation is 1. The standard InChI is InChI=1S/C21H23N5/c1-2-3-4-5-15-6-8-19-16(12-15)13-17-14-18(25-24)7-9-20(17)26(19)11-10-21(22)23/h1,6-9,12,14,24H,3-5,10-11,13H2,(H3,22,23). The normalized spacial score (nSPS) is 12.0. The Hall–Kier alpha value is -3.13. The number of anilines is 2. The van der Waals surface area contributed by atoms with Crippen LogP contribution in [0.5, 0.6) is 0 Å². The minimum atomic E-state index is 0.183. The molecule has 5 nitrogen and oxygen atoms in total. The van der Waals surface area contributed by atoms with Crippen molar-refractivity contribution in [2.75, 3.05) is 11.4 Å². The van der Waals surface area contributed by atoms with Gasteiger partial charge in [0.15, 0.2) is 0 Å². The number of hydrogen-bond donors (Lipinski definition) is 3. The average Bonchev–Trinajstić information content (AvgIpc) is 2.64. The van der Waals surface area contributed by atoms with Crippen LogP contribution in [0.2, 0.25) is 0 Å². The van der Waals surface area contributed by atoms with E-state index in [1.54, 1.807) is 0 Å². The smallest absolute Gasteiger partial charge is 0.0923 e. The summed E-state index contributed by atoms with van der Waals surface area (Å²) in [6, 6.07) is 12.4. The molecule has 0 radical (unpaired) electrons. The molecule has 3 rings (SSSR count). The van der Waals surface area contributed by atoms with Crippen LogP contribution in [0.3, 0.4) is 0 Å². The Bertz CT molecular complexity index is 878. The zero-order valence-corrected chi connectivity index (χ0v) is 14.8. The Balaban J connectivity index is 1.96. The highest BCUT2D eigenvalue weighted by molar-refractivity contribution is 5.80. The van der Waals surface area contributed by atoms with Crippen LogP contribution in [0.1, 0.15) is 36.0 Å². The van der Waals surface area contributed by atoms with Gasteiger partial charge in [0.2, 0.25) is 0 Å². The van der Waals surface area contributed by atoms with Crippen LogP contribution in [0, 0.1) is 23.3 Å². The molecule has 0 spiro atoms. The molecule has 0 aliphatic carbocycles. The van der Waals surface area contributed by atoms with Crippen LogP contribution in [0.4, 0.5) is 17.1 Å². The van der Waals surface area contributed by atoms with Gasteiger partial charge in [-0.2, -0.15) is 5.11 Å². The Morgan fingerprint density at radius 3 is 2.62 bits per heavy atom. The maximum Gasteiger partial charge on any atom is 0.0923 e. The van der Waals surface area contributed by atoms with Crippen LogP contribution in [-0.4, -0.2) is 12.4 Å². The first-order valence-corrected chi connectivity index (χ1v) is 8.78. The van der Waals surface area contributed by atoms with Crippen LogP contribution in [0.15, 0.2) is 41.5 Å². The van der Waals surface area contributed by atoms with Gasteiger partial charge in [-0.05, 0) is 53.8 Å². The zero-order chi connectivity index (χ0) is 18.5. The maximum absolute atomic E-state index is 7.57. The summed E-state index contributed by atoms with van der Waals surface area (Å²) in [5.74, 6) is 2.87. The van der Waals surface area contributed by atoms with Crippen molar-refractivity contribution in [3.63, 3.8) is 0 Å². The molecule has 0 unspecified atom stereocenters. The molecule has 0 atom stereocenters. The molecule has 1 aliphatic heterocycles. The molecule has 2 aromatic rings. The lowest BCUT2D eigenvalue weighted by atomic mass is 9.92. The van der Waals surface area contributed by atoms with Gasteiger partial charge in [-0.1, -0.05) is 12.1 Å². The van der Waals surface area contributed by atoms with E-state index in [4.69, 9.17) is 23.1 Å². The van der Waals surface area contributed by atoms with Crippen molar-refractivity contribution in [3.8, 4) is 12.3 Å². The van der Waals surface area contributed by atoms with Crippen LogP contribution in [0.25, 0.3) is 0 Å². The van der Waals surface area contributed by atoms with Gasteiger partial charge in [0, 0.05) is 37.2 Å². The van der Waals surface area contributed by atoms with E-state index in [0.717, 1.165) is 42.6 Å². The van der Waals surface area contributed by atoms with Gasteiger partial charge in [-0.25, -0.2) is 5.53 Å². The number of benzene rings is 2. The molecule has 0 fully saturated rings. The largest absolute Gasteiger partial charge is 0.388 e. The molecule has 0 saturated heterocycles. The molecule has 26 heavy (non-hydrogen) atoms. The molecular formula is C21H23N5. The summed E-state index contributed by atoms with van der Waals surface area (Å²) < 4.78 is 0. The molecule has 0 aromatic heterocycles. The van der Waals surface area contributed by atoms with Gasteiger partial charge in [0.1, 0.15) is 0 Å². The van der Waals surface area contributed by atoms with Gasteiger partial charge >= 0.3 is 0 Å². The van der Waals surface area contributed by atoms with E-state index in [2.05, 4.69) is 34.1 Å². The van der Waals surface area contributed by atoms with Crippen molar-refractivity contribution in [3.05, 3.63) is 53.1 Å². The number of rotatable bonds is 7. The van der Waals surface area contributed by atoms with Crippen molar-refractivity contribution in [2.45, 2.75) is 32.1 Å². The maximum atomic E-state index is 7.57. The fourth-order valence-electron chi connectivity index (χ4n) is 3.45. The fourth-order valence-corrected chi connectivity index (χ4v) is 3.45. The molecule has 5 heteroatoms. The van der Waals surface area contributed by atoms with E-state index in [1.807, 2.05) is 18.2 Å². The third-order valence-electron chi connectivity index (χ3n) is 4.69. The molecule has 0 bridgehead atoms. The first-order chi connectivity index (χ1) is 12.6. The first-order valence-electron chi connectivity index (χ1n) is 8.78. The quantitative estimate of drug-likeness (QED) is 0.224. The number of nitrogens with two attached hydrogens (primary N) is 1. The third-order valence-corrected chi connectivity index (χ3v) is 4.69. The van der Waals surface area contributed by atoms with E-state index < -0.39 is 0 Å². The number of fused-ring (bicyclic) bond motifs is 2. The van der Waals surface area contributed by atoms with Crippen molar-refractivity contribution in [1.29, 1.82) is 10.9 Å². The second-order valence-electron chi connectivity index (χ2n) is 6.55. The summed E-state index contributed by atoms with van der Waals surface area (Å²) in [7, 11) is 0. The van der Waals surface area contributed by atoms with E-state index in [0.29, 0.717) is 18.7 Å². The third kappa shape index (κ3) is 3.75. The Morgan fingerprint density at radius 2 is 1.92 bits per heavy atom. The number of nitrogens with zero attached hydrogens (tertiary/aromatic N) is 2. The van der Waals surface area contributed by atoms with Crippen LogP contribution >= 0.6 is 0 Å². The Morgan fingerprint density at radius 1 is 1.19 bits per heavy atom. The lowest BCUT2D eigenvalue weighted by Crippen LogP contribution is -2.27. The van der Waals surface area contributed by atoms with Gasteiger partial charge in [0.25, 0.3) is 0 Å². The molecule has 1 aliphatic rings. The lowest BCUT2D eigenvalue weighted by molar-refractivity contribution is 0.852. The average molecular weight is 345 g/mol. The predicted molar refractivity (Wildman–Crippen MR) is 106 cm³/mol. The van der Waals surface area contributed by atoms with Crippen molar-refractivity contribution >= 4 is 22.9 Å². The summed E-state index contributed by atoms with van der Waals surface area (Å²) >= 11 is 0. The molecule has 2 aromatic carbocycles. The number of nitrogens with one attached hydrogen (secondary N) is 2. The summed E-state index contributed by atoms with van der Waals surface area (Å²) in [4.78, 5) is 2.22. The molecule has 0 amide bonds. The van der Waals surface area contributed by atoms with Crippen molar-refractivity contribution < 1.29 is 0 Å². The van der Waals surface area contributed by atoms with Gasteiger partial charge in [-0.3, -0.25) is 5.41 Å². The monoisotopic (exact) mass is 345 g/mol. The molecular weight excluding hydrogens is 322 g/mol. The number of amidine groups is 1. The second-order valence-corrected chi connectivity index (χ2v) is 6.55. The number of terminal acetylenes is 1. The topological polar surface area (TPSA) is 89.3 Å². The predicted octanol–water partition coefficient (Wildman–Crippen LogP) is 4.67. The molecule has 0 saturated carbocycles. The molecule has 132 valence electrons. The fraction of sp³-hybridized carbons (Fsp3) is 0.286. The van der Waals surface area contributed by atoms with E-state index in [1.165, 1.54) is 11.1 Å². The second kappa shape index (κ2) is 7.83. The van der Waals surface area contributed by atoms with E-state index >= 15 is 0 Å². The minimum absolute atomic E-state index is 0.183. The van der Waals surface area contributed by atoms with Crippen LogP contribution in [-0.2, 0) is 12.8 Å². The van der Waals surface area contributed by atoms with Crippen molar-refractivity contribution in [1.82, 2.24) is 0 Å². The first kappa shape index (κ1) is 17.7. The van der Waals surface area contributed by atoms with E-state index in [-0.39, 0.29) is 5.84 Å². The Labute approximate surface area is 154 Å². The molecule has 1 heterocycles. The highest BCUT2D eigenvalue weighted by atomic mass is 15.1. The van der Waals surface area contributed by atoms with Gasteiger partial charge in [-0.15, -0.1) is 12.3 Å². The molecule has 4 N–H and O–H groups in total. The minimum Gasteiger partial charge on any atom is -0.388 e. The highest BCUT2D eigenvalue weighted by Gasteiger charge is 2.23. The summed E-state index contributed by atoms with van der Waals surface area (Å²) in [6.07, 6.45) is 9.42. The number of hydrogen-bond acceptors (Lipinski definition) is 4. The summed E-state index contributed by atoms with van der Waals surface area (Å²) in [6.45, 7) is 0.656. The highest BCUT2D eigenvalue weighted by Crippen LogP contribution is 2.40. The van der Waals surface area contributed by atoms with Gasteiger partial charge in [0.05, 0.1) is 11.5 Å².